The highest BCUT2D eigenvalue weighted by molar-refractivity contribution is 6.34. The van der Waals surface area contributed by atoms with E-state index in [0.29, 0.717) is 27.9 Å². The summed E-state index contributed by atoms with van der Waals surface area (Å²) in [5, 5.41) is 15.5. The van der Waals surface area contributed by atoms with Crippen molar-refractivity contribution in [3.63, 3.8) is 0 Å². The number of hydrogen-bond donors (Lipinski definition) is 1. The lowest BCUT2D eigenvalue weighted by molar-refractivity contribution is -0.275. The lowest BCUT2D eigenvalue weighted by atomic mass is 9.86. The minimum atomic E-state index is -4.81. The molecule has 1 heterocycles. The fourth-order valence-corrected chi connectivity index (χ4v) is 4.33. The molecule has 0 saturated heterocycles. The van der Waals surface area contributed by atoms with Crippen LogP contribution < -0.4 is 5.32 Å². The zero-order valence-corrected chi connectivity index (χ0v) is 19.6. The molecular formula is C25H16Cl2F3N3O2. The quantitative estimate of drug-likeness (QED) is 0.404. The van der Waals surface area contributed by atoms with Gasteiger partial charge < -0.3 is 10.2 Å². The van der Waals surface area contributed by atoms with E-state index >= 15 is 0 Å². The number of nitriles is 1. The zero-order valence-electron chi connectivity index (χ0n) is 18.1. The standard InChI is InChI=1S/C25H16Cl2F3N3O2/c1-14-7-16(5-6-21(14)23(34)32-20-4-2-3-15(8-20)13-31)22-12-24(35-33-22,25(28,29)30)17-9-18(26)11-19(27)10-17/h2-11H,12H2,1H3,(H,32,34). The van der Waals surface area contributed by atoms with Crippen LogP contribution >= 0.6 is 23.2 Å². The van der Waals surface area contributed by atoms with Crippen LogP contribution in [-0.4, -0.2) is 17.8 Å². The molecule has 0 fully saturated rings. The molecule has 4 rings (SSSR count). The predicted molar refractivity (Wildman–Crippen MR) is 127 cm³/mol. The van der Waals surface area contributed by atoms with Crippen LogP contribution in [0, 0.1) is 18.3 Å². The molecule has 1 amide bonds. The van der Waals surface area contributed by atoms with Crippen molar-refractivity contribution in [1.82, 2.24) is 0 Å². The van der Waals surface area contributed by atoms with Gasteiger partial charge in [-0.15, -0.1) is 0 Å². The van der Waals surface area contributed by atoms with Crippen LogP contribution in [0.3, 0.4) is 0 Å². The molecule has 0 radical (unpaired) electrons. The molecule has 35 heavy (non-hydrogen) atoms. The summed E-state index contributed by atoms with van der Waals surface area (Å²) in [6.45, 7) is 1.66. The Morgan fingerprint density at radius 3 is 2.46 bits per heavy atom. The van der Waals surface area contributed by atoms with Gasteiger partial charge in [-0.3, -0.25) is 4.79 Å². The molecule has 5 nitrogen and oxygen atoms in total. The first-order valence-electron chi connectivity index (χ1n) is 10.2. The molecule has 1 aliphatic heterocycles. The van der Waals surface area contributed by atoms with Gasteiger partial charge in [-0.25, -0.2) is 0 Å². The fraction of sp³-hybridized carbons (Fsp3) is 0.160. The third-order valence-electron chi connectivity index (χ3n) is 5.57. The summed E-state index contributed by atoms with van der Waals surface area (Å²) in [7, 11) is 0. The number of oxime groups is 1. The Labute approximate surface area is 208 Å². The molecule has 0 aliphatic carbocycles. The molecule has 1 atom stereocenters. The number of nitrogens with zero attached hydrogens (tertiary/aromatic N) is 2. The van der Waals surface area contributed by atoms with Crippen molar-refractivity contribution in [2.24, 2.45) is 5.16 Å². The lowest BCUT2D eigenvalue weighted by Crippen LogP contribution is -2.42. The number of halogens is 5. The van der Waals surface area contributed by atoms with E-state index < -0.39 is 24.1 Å². The van der Waals surface area contributed by atoms with Crippen molar-refractivity contribution >= 4 is 40.5 Å². The third-order valence-corrected chi connectivity index (χ3v) is 6.01. The minimum Gasteiger partial charge on any atom is -0.374 e. The van der Waals surface area contributed by atoms with E-state index in [-0.39, 0.29) is 21.3 Å². The number of benzene rings is 3. The molecule has 0 bridgehead atoms. The van der Waals surface area contributed by atoms with Crippen molar-refractivity contribution in [3.8, 4) is 6.07 Å². The monoisotopic (exact) mass is 517 g/mol. The number of rotatable bonds is 4. The van der Waals surface area contributed by atoms with E-state index in [2.05, 4.69) is 10.5 Å². The first-order chi connectivity index (χ1) is 16.5. The number of aryl methyl sites for hydroxylation is 1. The first-order valence-corrected chi connectivity index (χ1v) is 11.0. The molecule has 0 spiro atoms. The Hall–Kier alpha value is -3.54. The summed E-state index contributed by atoms with van der Waals surface area (Å²) < 4.78 is 42.6. The van der Waals surface area contributed by atoms with Gasteiger partial charge in [-0.1, -0.05) is 40.5 Å². The number of amides is 1. The number of alkyl halides is 3. The van der Waals surface area contributed by atoms with E-state index in [0.717, 1.165) is 12.1 Å². The SMILES string of the molecule is Cc1cc(C2=NOC(c3cc(Cl)cc(Cl)c3)(C(F)(F)F)C2)ccc1C(=O)Nc1cccc(C#N)c1. The van der Waals surface area contributed by atoms with Crippen molar-refractivity contribution in [2.45, 2.75) is 25.1 Å². The maximum absolute atomic E-state index is 14.2. The van der Waals surface area contributed by atoms with Gasteiger partial charge in [-0.05, 0) is 66.6 Å². The molecule has 1 aliphatic rings. The van der Waals surface area contributed by atoms with E-state index in [9.17, 15) is 18.0 Å². The van der Waals surface area contributed by atoms with Gasteiger partial charge in [0, 0.05) is 33.3 Å². The van der Waals surface area contributed by atoms with Gasteiger partial charge in [0.05, 0.1) is 17.3 Å². The van der Waals surface area contributed by atoms with E-state index in [1.54, 1.807) is 31.2 Å². The molecule has 1 unspecified atom stereocenters. The average molecular weight is 518 g/mol. The van der Waals surface area contributed by atoms with Crippen molar-refractivity contribution in [3.05, 3.63) is 98.5 Å². The number of carbonyl (C=O) groups excluding carboxylic acids is 1. The first kappa shape index (κ1) is 24.6. The Kier molecular flexibility index (Phi) is 6.50. The smallest absolute Gasteiger partial charge is 0.374 e. The Bertz CT molecular complexity index is 1380. The highest BCUT2D eigenvalue weighted by atomic mass is 35.5. The van der Waals surface area contributed by atoms with Crippen molar-refractivity contribution < 1.29 is 22.8 Å². The summed E-state index contributed by atoms with van der Waals surface area (Å²) in [5.41, 5.74) is -0.876. The topological polar surface area (TPSA) is 74.5 Å². The second-order valence-electron chi connectivity index (χ2n) is 7.97. The Morgan fingerprint density at radius 1 is 1.11 bits per heavy atom. The molecule has 1 N–H and O–H groups in total. The van der Waals surface area contributed by atoms with Crippen LogP contribution in [0.1, 0.15) is 39.0 Å². The summed E-state index contributed by atoms with van der Waals surface area (Å²) in [6.07, 6.45) is -5.40. The summed E-state index contributed by atoms with van der Waals surface area (Å²) >= 11 is 11.9. The molecule has 178 valence electrons. The number of carbonyl (C=O) groups is 1. The second kappa shape index (κ2) is 9.25. The van der Waals surface area contributed by atoms with E-state index in [4.69, 9.17) is 33.3 Å². The van der Waals surface area contributed by atoms with Crippen LogP contribution in [-0.2, 0) is 10.4 Å². The molecule has 0 aromatic heterocycles. The average Bonchev–Trinajstić information content (AvgIpc) is 3.25. The van der Waals surface area contributed by atoms with E-state index in [1.165, 1.54) is 24.3 Å². The number of anilines is 1. The van der Waals surface area contributed by atoms with Crippen LogP contribution in [0.2, 0.25) is 10.0 Å². The zero-order chi connectivity index (χ0) is 25.4. The van der Waals surface area contributed by atoms with Gasteiger partial charge in [0.25, 0.3) is 11.5 Å². The van der Waals surface area contributed by atoms with Gasteiger partial charge in [0.15, 0.2) is 0 Å². The maximum Gasteiger partial charge on any atom is 0.435 e. The predicted octanol–water partition coefficient (Wildman–Crippen LogP) is 7.01. The van der Waals surface area contributed by atoms with E-state index in [1.807, 2.05) is 6.07 Å². The third kappa shape index (κ3) is 4.83. The Morgan fingerprint density at radius 2 is 1.83 bits per heavy atom. The number of nitrogens with one attached hydrogen (secondary N) is 1. The molecular weight excluding hydrogens is 502 g/mol. The minimum absolute atomic E-state index is 0.0414. The highest BCUT2D eigenvalue weighted by Gasteiger charge is 2.62. The summed E-state index contributed by atoms with van der Waals surface area (Å²) in [4.78, 5) is 17.8. The Balaban J connectivity index is 1.60. The van der Waals surface area contributed by atoms with Crippen LogP contribution in [0.15, 0.2) is 65.8 Å². The molecule has 10 heteroatoms. The number of hydrogen-bond acceptors (Lipinski definition) is 4. The van der Waals surface area contributed by atoms with Crippen LogP contribution in [0.25, 0.3) is 0 Å². The van der Waals surface area contributed by atoms with Gasteiger partial charge >= 0.3 is 6.18 Å². The summed E-state index contributed by atoms with van der Waals surface area (Å²) in [5.74, 6) is -0.424. The highest BCUT2D eigenvalue weighted by Crippen LogP contribution is 2.49. The lowest BCUT2D eigenvalue weighted by Gasteiger charge is -2.29. The largest absolute Gasteiger partial charge is 0.435 e. The maximum atomic E-state index is 14.2. The fourth-order valence-electron chi connectivity index (χ4n) is 3.81. The molecule has 3 aromatic carbocycles. The second-order valence-corrected chi connectivity index (χ2v) is 8.84. The van der Waals surface area contributed by atoms with Crippen molar-refractivity contribution in [1.29, 1.82) is 5.26 Å². The van der Waals surface area contributed by atoms with Gasteiger partial charge in [-0.2, -0.15) is 18.4 Å². The molecule has 3 aromatic rings. The van der Waals surface area contributed by atoms with Crippen LogP contribution in [0.4, 0.5) is 18.9 Å². The van der Waals surface area contributed by atoms with Crippen LogP contribution in [0.5, 0.6) is 0 Å². The normalized spacial score (nSPS) is 17.3. The van der Waals surface area contributed by atoms with Gasteiger partial charge in [0.2, 0.25) is 0 Å². The summed E-state index contributed by atoms with van der Waals surface area (Å²) in [6, 6.07) is 16.6. The molecule has 0 saturated carbocycles. The van der Waals surface area contributed by atoms with Crippen molar-refractivity contribution in [2.75, 3.05) is 5.32 Å². The van der Waals surface area contributed by atoms with Gasteiger partial charge in [0.1, 0.15) is 0 Å².